The number of morpholine rings is 1. The van der Waals surface area contributed by atoms with E-state index in [1.807, 2.05) is 54.6 Å². The van der Waals surface area contributed by atoms with E-state index in [-0.39, 0.29) is 18.2 Å². The number of hydrogen-bond acceptors (Lipinski definition) is 5. The van der Waals surface area contributed by atoms with Gasteiger partial charge in [-0.1, -0.05) is 30.3 Å². The molecule has 2 aromatic rings. The van der Waals surface area contributed by atoms with E-state index in [1.165, 1.54) is 4.90 Å². The highest BCUT2D eigenvalue weighted by molar-refractivity contribution is 6.06. The second kappa shape index (κ2) is 8.44. The van der Waals surface area contributed by atoms with Crippen molar-refractivity contribution in [3.8, 4) is 0 Å². The van der Waals surface area contributed by atoms with Gasteiger partial charge in [0.1, 0.15) is 6.04 Å². The van der Waals surface area contributed by atoms with Gasteiger partial charge >= 0.3 is 0 Å². The molecule has 0 aliphatic carbocycles. The summed E-state index contributed by atoms with van der Waals surface area (Å²) in [5, 5.41) is 3.22. The molecule has 0 saturated carbocycles. The lowest BCUT2D eigenvalue weighted by Gasteiger charge is -2.29. The van der Waals surface area contributed by atoms with Crippen LogP contribution in [-0.4, -0.2) is 55.6 Å². The first-order valence-corrected chi connectivity index (χ1v) is 9.78. The molecule has 0 unspecified atom stereocenters. The monoisotopic (exact) mass is 379 g/mol. The number of likely N-dealkylation sites (tertiary alicyclic amines) is 1. The minimum Gasteiger partial charge on any atom is -0.378 e. The van der Waals surface area contributed by atoms with Crippen LogP contribution >= 0.6 is 0 Å². The van der Waals surface area contributed by atoms with Gasteiger partial charge in [0.05, 0.1) is 19.6 Å². The summed E-state index contributed by atoms with van der Waals surface area (Å²) in [4.78, 5) is 28.7. The third kappa shape index (κ3) is 4.17. The van der Waals surface area contributed by atoms with Gasteiger partial charge in [-0.3, -0.25) is 14.5 Å². The largest absolute Gasteiger partial charge is 0.378 e. The number of anilines is 2. The van der Waals surface area contributed by atoms with Crippen LogP contribution in [0.25, 0.3) is 0 Å². The van der Waals surface area contributed by atoms with Crippen LogP contribution in [0.5, 0.6) is 0 Å². The molecular weight excluding hydrogens is 354 g/mol. The Morgan fingerprint density at radius 2 is 1.68 bits per heavy atom. The van der Waals surface area contributed by atoms with E-state index in [1.54, 1.807) is 0 Å². The number of benzene rings is 2. The summed E-state index contributed by atoms with van der Waals surface area (Å²) >= 11 is 0. The molecule has 146 valence electrons. The zero-order valence-electron chi connectivity index (χ0n) is 15.8. The van der Waals surface area contributed by atoms with Crippen molar-refractivity contribution in [2.24, 2.45) is 0 Å². The molecule has 6 heteroatoms. The van der Waals surface area contributed by atoms with Gasteiger partial charge < -0.3 is 15.0 Å². The molecule has 2 aromatic carbocycles. The zero-order valence-corrected chi connectivity index (χ0v) is 15.8. The molecule has 2 amide bonds. The van der Waals surface area contributed by atoms with E-state index >= 15 is 0 Å². The van der Waals surface area contributed by atoms with Crippen molar-refractivity contribution in [2.75, 3.05) is 43.1 Å². The number of carbonyl (C=O) groups is 2. The van der Waals surface area contributed by atoms with E-state index in [0.717, 1.165) is 43.2 Å². The van der Waals surface area contributed by atoms with Gasteiger partial charge in [-0.2, -0.15) is 0 Å². The van der Waals surface area contributed by atoms with Crippen LogP contribution in [0.4, 0.5) is 11.4 Å². The first kappa shape index (κ1) is 18.5. The Balaban J connectivity index is 1.34. The van der Waals surface area contributed by atoms with E-state index in [4.69, 9.17) is 4.74 Å². The fourth-order valence-corrected chi connectivity index (χ4v) is 3.71. The second-order valence-corrected chi connectivity index (χ2v) is 7.17. The number of rotatable bonds is 6. The number of nitrogens with one attached hydrogen (secondary N) is 1. The van der Waals surface area contributed by atoms with Gasteiger partial charge in [-0.15, -0.1) is 0 Å². The van der Waals surface area contributed by atoms with Gasteiger partial charge in [0, 0.05) is 31.0 Å². The SMILES string of the molecule is O=C1C[C@@H](Nc2ccc(N3CCOCC3)cc2)C(=O)N1CCc1ccccc1. The minimum atomic E-state index is -0.488. The molecule has 1 atom stereocenters. The van der Waals surface area contributed by atoms with Gasteiger partial charge in [0.25, 0.3) is 5.91 Å². The Hall–Kier alpha value is -2.86. The maximum atomic E-state index is 12.7. The minimum absolute atomic E-state index is 0.108. The number of nitrogens with zero attached hydrogens (tertiary/aromatic N) is 2. The van der Waals surface area contributed by atoms with Crippen LogP contribution in [0.15, 0.2) is 54.6 Å². The predicted molar refractivity (Wildman–Crippen MR) is 108 cm³/mol. The molecule has 2 aliphatic rings. The van der Waals surface area contributed by atoms with E-state index in [2.05, 4.69) is 10.2 Å². The van der Waals surface area contributed by atoms with Gasteiger partial charge in [0.2, 0.25) is 5.91 Å². The fraction of sp³-hybridized carbons (Fsp3) is 0.364. The average molecular weight is 379 g/mol. The number of carbonyl (C=O) groups excluding carboxylic acids is 2. The van der Waals surface area contributed by atoms with Gasteiger partial charge in [-0.25, -0.2) is 0 Å². The van der Waals surface area contributed by atoms with Gasteiger partial charge in [0.15, 0.2) is 0 Å². The molecule has 0 aromatic heterocycles. The molecule has 6 nitrogen and oxygen atoms in total. The number of hydrogen-bond donors (Lipinski definition) is 1. The highest BCUT2D eigenvalue weighted by Crippen LogP contribution is 2.22. The average Bonchev–Trinajstić information content (AvgIpc) is 3.01. The van der Waals surface area contributed by atoms with E-state index < -0.39 is 6.04 Å². The lowest BCUT2D eigenvalue weighted by Crippen LogP contribution is -2.36. The lowest BCUT2D eigenvalue weighted by molar-refractivity contribution is -0.138. The van der Waals surface area contributed by atoms with Crippen molar-refractivity contribution in [3.05, 3.63) is 60.2 Å². The summed E-state index contributed by atoms with van der Waals surface area (Å²) < 4.78 is 5.39. The Bertz CT molecular complexity index is 817. The zero-order chi connectivity index (χ0) is 19.3. The highest BCUT2D eigenvalue weighted by Gasteiger charge is 2.38. The Morgan fingerprint density at radius 1 is 0.964 bits per heavy atom. The topological polar surface area (TPSA) is 61.9 Å². The van der Waals surface area contributed by atoms with Crippen molar-refractivity contribution in [2.45, 2.75) is 18.9 Å². The standard InChI is InChI=1S/C22H25N3O3/c26-21-16-20(22(27)25(21)11-10-17-4-2-1-3-5-17)23-18-6-8-19(9-7-18)24-12-14-28-15-13-24/h1-9,20,23H,10-16H2/t20-/m1/s1. The second-order valence-electron chi connectivity index (χ2n) is 7.17. The molecule has 2 saturated heterocycles. The number of ether oxygens (including phenoxy) is 1. The first-order chi connectivity index (χ1) is 13.7. The van der Waals surface area contributed by atoms with Crippen LogP contribution in [0.1, 0.15) is 12.0 Å². The fourth-order valence-electron chi connectivity index (χ4n) is 3.71. The molecule has 2 fully saturated rings. The summed E-state index contributed by atoms with van der Waals surface area (Å²) in [5.74, 6) is -0.249. The van der Waals surface area contributed by atoms with E-state index in [0.29, 0.717) is 13.0 Å². The predicted octanol–water partition coefficient (Wildman–Crippen LogP) is 2.31. The third-order valence-electron chi connectivity index (χ3n) is 5.30. The third-order valence-corrected chi connectivity index (χ3v) is 5.30. The maximum absolute atomic E-state index is 12.7. The molecule has 1 N–H and O–H groups in total. The molecule has 2 heterocycles. The molecule has 4 rings (SSSR count). The summed E-state index contributed by atoms with van der Waals surface area (Å²) in [7, 11) is 0. The Morgan fingerprint density at radius 3 is 2.39 bits per heavy atom. The first-order valence-electron chi connectivity index (χ1n) is 9.78. The van der Waals surface area contributed by atoms with Crippen LogP contribution in [0.2, 0.25) is 0 Å². The molecule has 0 radical (unpaired) electrons. The Labute approximate surface area is 165 Å². The molecular formula is C22H25N3O3. The lowest BCUT2D eigenvalue weighted by atomic mass is 10.1. The summed E-state index contributed by atoms with van der Waals surface area (Å²) in [6, 6.07) is 17.4. The number of imide groups is 1. The molecule has 28 heavy (non-hydrogen) atoms. The van der Waals surface area contributed by atoms with Crippen LogP contribution in [-0.2, 0) is 20.7 Å². The smallest absolute Gasteiger partial charge is 0.252 e. The molecule has 0 bridgehead atoms. The van der Waals surface area contributed by atoms with Crippen molar-refractivity contribution < 1.29 is 14.3 Å². The summed E-state index contributed by atoms with van der Waals surface area (Å²) in [6.07, 6.45) is 0.887. The Kier molecular flexibility index (Phi) is 5.58. The van der Waals surface area contributed by atoms with Crippen molar-refractivity contribution in [3.63, 3.8) is 0 Å². The quantitative estimate of drug-likeness (QED) is 0.781. The van der Waals surface area contributed by atoms with Crippen LogP contribution < -0.4 is 10.2 Å². The van der Waals surface area contributed by atoms with Crippen molar-refractivity contribution >= 4 is 23.2 Å². The van der Waals surface area contributed by atoms with E-state index in [9.17, 15) is 9.59 Å². The van der Waals surface area contributed by atoms with Crippen LogP contribution in [0.3, 0.4) is 0 Å². The van der Waals surface area contributed by atoms with Crippen LogP contribution in [0, 0.1) is 0 Å². The molecule has 0 spiro atoms. The summed E-state index contributed by atoms with van der Waals surface area (Å²) in [6.45, 7) is 3.70. The van der Waals surface area contributed by atoms with Crippen molar-refractivity contribution in [1.82, 2.24) is 4.90 Å². The van der Waals surface area contributed by atoms with Gasteiger partial charge in [-0.05, 0) is 36.2 Å². The maximum Gasteiger partial charge on any atom is 0.252 e. The normalized spacial score (nSPS) is 19.9. The van der Waals surface area contributed by atoms with Crippen molar-refractivity contribution in [1.29, 1.82) is 0 Å². The highest BCUT2D eigenvalue weighted by atomic mass is 16.5. The molecule has 2 aliphatic heterocycles. The summed E-state index contributed by atoms with van der Waals surface area (Å²) in [5.41, 5.74) is 3.12. The number of amides is 2.